The SMILES string of the molecule is CC(CCC(=O)OCC1c2ccccc2-c2ccccc21)C(=O)O. The molecular weight excluding hydrogens is 304 g/mol. The zero-order valence-corrected chi connectivity index (χ0v) is 13.6. The molecule has 0 spiro atoms. The Kier molecular flexibility index (Phi) is 4.65. The van der Waals surface area contributed by atoms with Gasteiger partial charge in [0.15, 0.2) is 0 Å². The van der Waals surface area contributed by atoms with Crippen LogP contribution in [0.2, 0.25) is 0 Å². The maximum absolute atomic E-state index is 11.9. The average Bonchev–Trinajstić information content (AvgIpc) is 2.92. The van der Waals surface area contributed by atoms with Crippen molar-refractivity contribution < 1.29 is 19.4 Å². The highest BCUT2D eigenvalue weighted by Gasteiger charge is 2.29. The number of hydrogen-bond donors (Lipinski definition) is 1. The Morgan fingerprint density at radius 1 is 1.04 bits per heavy atom. The van der Waals surface area contributed by atoms with Crippen molar-refractivity contribution >= 4 is 11.9 Å². The molecule has 0 fully saturated rings. The summed E-state index contributed by atoms with van der Waals surface area (Å²) in [7, 11) is 0. The lowest BCUT2D eigenvalue weighted by Crippen LogP contribution is -2.15. The van der Waals surface area contributed by atoms with E-state index < -0.39 is 11.9 Å². The van der Waals surface area contributed by atoms with Gasteiger partial charge in [-0.3, -0.25) is 9.59 Å². The first-order chi connectivity index (χ1) is 11.6. The second-order valence-corrected chi connectivity index (χ2v) is 6.19. The first kappa shape index (κ1) is 16.2. The maximum Gasteiger partial charge on any atom is 0.306 e. The number of fused-ring (bicyclic) bond motifs is 3. The van der Waals surface area contributed by atoms with Gasteiger partial charge in [0.25, 0.3) is 0 Å². The molecule has 0 aliphatic heterocycles. The Labute approximate surface area is 141 Å². The van der Waals surface area contributed by atoms with E-state index in [1.807, 2.05) is 24.3 Å². The summed E-state index contributed by atoms with van der Waals surface area (Å²) in [5, 5.41) is 8.86. The van der Waals surface area contributed by atoms with Gasteiger partial charge in [-0.1, -0.05) is 55.5 Å². The van der Waals surface area contributed by atoms with E-state index in [1.165, 1.54) is 22.3 Å². The van der Waals surface area contributed by atoms with E-state index in [2.05, 4.69) is 24.3 Å². The summed E-state index contributed by atoms with van der Waals surface area (Å²) in [5.41, 5.74) is 4.72. The largest absolute Gasteiger partial charge is 0.481 e. The lowest BCUT2D eigenvalue weighted by molar-refractivity contribution is -0.145. The lowest BCUT2D eigenvalue weighted by Gasteiger charge is -2.14. The molecule has 124 valence electrons. The molecule has 4 nitrogen and oxygen atoms in total. The van der Waals surface area contributed by atoms with Gasteiger partial charge in [-0.2, -0.15) is 0 Å². The van der Waals surface area contributed by atoms with Crippen molar-refractivity contribution in [3.8, 4) is 11.1 Å². The van der Waals surface area contributed by atoms with Crippen molar-refractivity contribution in [1.29, 1.82) is 0 Å². The fourth-order valence-corrected chi connectivity index (χ4v) is 3.15. The number of ether oxygens (including phenoxy) is 1. The van der Waals surface area contributed by atoms with Crippen LogP contribution in [0.4, 0.5) is 0 Å². The summed E-state index contributed by atoms with van der Waals surface area (Å²) in [6.07, 6.45) is 0.426. The number of esters is 1. The second-order valence-electron chi connectivity index (χ2n) is 6.19. The number of aliphatic carboxylic acids is 1. The third-order valence-electron chi connectivity index (χ3n) is 4.58. The van der Waals surface area contributed by atoms with Crippen LogP contribution in [0, 0.1) is 5.92 Å². The van der Waals surface area contributed by atoms with E-state index in [1.54, 1.807) is 6.92 Å². The summed E-state index contributed by atoms with van der Waals surface area (Å²) >= 11 is 0. The molecule has 2 aromatic rings. The quantitative estimate of drug-likeness (QED) is 0.820. The number of rotatable bonds is 6. The highest BCUT2D eigenvalue weighted by molar-refractivity contribution is 5.79. The first-order valence-corrected chi connectivity index (χ1v) is 8.14. The highest BCUT2D eigenvalue weighted by atomic mass is 16.5. The Morgan fingerprint density at radius 3 is 2.12 bits per heavy atom. The van der Waals surface area contributed by atoms with Crippen LogP contribution in [-0.4, -0.2) is 23.7 Å². The Balaban J connectivity index is 1.67. The second kappa shape index (κ2) is 6.87. The molecule has 0 amide bonds. The van der Waals surface area contributed by atoms with Crippen molar-refractivity contribution in [3.63, 3.8) is 0 Å². The minimum absolute atomic E-state index is 0.0400. The highest BCUT2D eigenvalue weighted by Crippen LogP contribution is 2.44. The predicted molar refractivity (Wildman–Crippen MR) is 90.7 cm³/mol. The lowest BCUT2D eigenvalue weighted by atomic mass is 9.98. The van der Waals surface area contributed by atoms with E-state index in [-0.39, 0.29) is 24.9 Å². The van der Waals surface area contributed by atoms with Crippen molar-refractivity contribution in [3.05, 3.63) is 59.7 Å². The van der Waals surface area contributed by atoms with E-state index >= 15 is 0 Å². The zero-order chi connectivity index (χ0) is 17.1. The average molecular weight is 324 g/mol. The standard InChI is InChI=1S/C20H20O4/c1-13(20(22)23)10-11-19(21)24-12-18-16-8-4-2-6-14(16)15-7-3-5-9-17(15)18/h2-9,13,18H,10-12H2,1H3,(H,22,23). The van der Waals surface area contributed by atoms with Gasteiger partial charge in [0, 0.05) is 12.3 Å². The maximum atomic E-state index is 11.9. The third kappa shape index (κ3) is 3.18. The molecule has 24 heavy (non-hydrogen) atoms. The van der Waals surface area contributed by atoms with Crippen LogP contribution in [0.1, 0.15) is 36.8 Å². The zero-order valence-electron chi connectivity index (χ0n) is 13.6. The molecule has 2 aromatic carbocycles. The molecule has 0 saturated carbocycles. The predicted octanol–water partition coefficient (Wildman–Crippen LogP) is 3.84. The third-order valence-corrected chi connectivity index (χ3v) is 4.58. The molecule has 0 heterocycles. The van der Waals surface area contributed by atoms with E-state index in [0.717, 1.165) is 0 Å². The number of hydrogen-bond acceptors (Lipinski definition) is 3. The molecular formula is C20H20O4. The molecule has 1 aliphatic rings. The van der Waals surface area contributed by atoms with E-state index in [4.69, 9.17) is 9.84 Å². The molecule has 0 radical (unpaired) electrons. The van der Waals surface area contributed by atoms with Crippen LogP contribution < -0.4 is 0 Å². The fraction of sp³-hybridized carbons (Fsp3) is 0.300. The molecule has 4 heteroatoms. The van der Waals surface area contributed by atoms with Gasteiger partial charge < -0.3 is 9.84 Å². The summed E-state index contributed by atoms with van der Waals surface area (Å²) in [5.74, 6) is -1.73. The van der Waals surface area contributed by atoms with Crippen LogP contribution in [0.15, 0.2) is 48.5 Å². The minimum Gasteiger partial charge on any atom is -0.481 e. The van der Waals surface area contributed by atoms with Gasteiger partial charge in [-0.25, -0.2) is 0 Å². The van der Waals surface area contributed by atoms with Crippen molar-refractivity contribution in [2.45, 2.75) is 25.7 Å². The number of carboxylic acid groups (broad SMARTS) is 1. The van der Waals surface area contributed by atoms with Crippen LogP contribution in [0.25, 0.3) is 11.1 Å². The van der Waals surface area contributed by atoms with Crippen LogP contribution in [0.3, 0.4) is 0 Å². The van der Waals surface area contributed by atoms with Crippen LogP contribution >= 0.6 is 0 Å². The number of benzene rings is 2. The number of carbonyl (C=O) groups excluding carboxylic acids is 1. The van der Waals surface area contributed by atoms with Gasteiger partial charge in [-0.05, 0) is 28.7 Å². The monoisotopic (exact) mass is 324 g/mol. The molecule has 0 aromatic heterocycles. The minimum atomic E-state index is -0.888. The normalized spacial score (nSPS) is 13.9. The van der Waals surface area contributed by atoms with Gasteiger partial charge in [0.05, 0.1) is 5.92 Å². The molecule has 1 unspecified atom stereocenters. The summed E-state index contributed by atoms with van der Waals surface area (Å²) in [6.45, 7) is 1.88. The Morgan fingerprint density at radius 2 is 1.58 bits per heavy atom. The Hall–Kier alpha value is -2.62. The molecule has 1 N–H and O–H groups in total. The summed E-state index contributed by atoms with van der Waals surface area (Å²) < 4.78 is 5.44. The van der Waals surface area contributed by atoms with Gasteiger partial charge in [-0.15, -0.1) is 0 Å². The van der Waals surface area contributed by atoms with Crippen molar-refractivity contribution in [2.24, 2.45) is 5.92 Å². The smallest absolute Gasteiger partial charge is 0.306 e. The molecule has 0 bridgehead atoms. The van der Waals surface area contributed by atoms with E-state index in [0.29, 0.717) is 6.42 Å². The van der Waals surface area contributed by atoms with Crippen LogP contribution in [0.5, 0.6) is 0 Å². The topological polar surface area (TPSA) is 63.6 Å². The van der Waals surface area contributed by atoms with Crippen molar-refractivity contribution in [1.82, 2.24) is 0 Å². The van der Waals surface area contributed by atoms with Gasteiger partial charge in [0.2, 0.25) is 0 Å². The fourth-order valence-electron chi connectivity index (χ4n) is 3.15. The number of carbonyl (C=O) groups is 2. The first-order valence-electron chi connectivity index (χ1n) is 8.14. The molecule has 0 saturated heterocycles. The molecule has 1 atom stereocenters. The van der Waals surface area contributed by atoms with Crippen molar-refractivity contribution in [2.75, 3.05) is 6.61 Å². The van der Waals surface area contributed by atoms with Gasteiger partial charge in [0.1, 0.15) is 6.61 Å². The van der Waals surface area contributed by atoms with Crippen LogP contribution in [-0.2, 0) is 14.3 Å². The summed E-state index contributed by atoms with van der Waals surface area (Å²) in [4.78, 5) is 22.7. The molecule has 3 rings (SSSR count). The Bertz CT molecular complexity index is 720. The molecule has 1 aliphatic carbocycles. The summed E-state index contributed by atoms with van der Waals surface area (Å²) in [6, 6.07) is 16.3. The number of carboxylic acids is 1. The van der Waals surface area contributed by atoms with E-state index in [9.17, 15) is 9.59 Å². The van der Waals surface area contributed by atoms with Gasteiger partial charge >= 0.3 is 11.9 Å².